The van der Waals surface area contributed by atoms with Crippen LogP contribution in [-0.4, -0.2) is 78.4 Å². The zero-order valence-corrected chi connectivity index (χ0v) is 25.5. The number of aliphatic hydroxyl groups is 1. The van der Waals surface area contributed by atoms with Crippen molar-refractivity contribution in [3.63, 3.8) is 0 Å². The van der Waals surface area contributed by atoms with E-state index < -0.39 is 42.4 Å². The summed E-state index contributed by atoms with van der Waals surface area (Å²) in [4.78, 5) is 5.99. The van der Waals surface area contributed by atoms with E-state index in [0.717, 1.165) is 33.4 Å². The fourth-order valence-electron chi connectivity index (χ4n) is 6.12. The van der Waals surface area contributed by atoms with Gasteiger partial charge < -0.3 is 19.6 Å². The van der Waals surface area contributed by atoms with Crippen LogP contribution in [0.25, 0.3) is 11.1 Å². The molecule has 3 aromatic rings. The average molecular weight is 660 g/mol. The fraction of sp³-hybridized carbons (Fsp3) is 0.516. The predicted octanol–water partition coefficient (Wildman–Crippen LogP) is 7.17. The summed E-state index contributed by atoms with van der Waals surface area (Å²) in [6.07, 6.45) is -9.34. The van der Waals surface area contributed by atoms with Gasteiger partial charge in [-0.25, -0.2) is 0 Å². The summed E-state index contributed by atoms with van der Waals surface area (Å²) in [6, 6.07) is 12.7. The Morgan fingerprint density at radius 1 is 0.978 bits per heavy atom. The molecular weight excluding hydrogens is 624 g/mol. The Morgan fingerprint density at radius 3 is 2.33 bits per heavy atom. The summed E-state index contributed by atoms with van der Waals surface area (Å²) in [5, 5.41) is 14.8. The molecule has 2 aliphatic rings. The molecule has 0 bridgehead atoms. The average Bonchev–Trinajstić information content (AvgIpc) is 3.47. The predicted molar refractivity (Wildman–Crippen MR) is 161 cm³/mol. The lowest BCUT2D eigenvalue weighted by molar-refractivity contribution is -0.153. The largest absolute Gasteiger partial charge is 0.433 e. The Balaban J connectivity index is 1.33. The molecule has 3 heterocycles. The minimum Gasteiger partial charge on any atom is -0.369 e. The third-order valence-electron chi connectivity index (χ3n) is 8.35. The maximum absolute atomic E-state index is 14.2. The number of piperazine rings is 1. The summed E-state index contributed by atoms with van der Waals surface area (Å²) in [5.41, 5.74) is 2.09. The lowest BCUT2D eigenvalue weighted by Crippen LogP contribution is -2.47. The second-order valence-corrected chi connectivity index (χ2v) is 11.8. The number of benzene rings is 2. The van der Waals surface area contributed by atoms with Crippen LogP contribution in [0.4, 0.5) is 37.7 Å². The van der Waals surface area contributed by atoms with Crippen molar-refractivity contribution in [1.82, 2.24) is 14.7 Å². The molecule has 2 unspecified atom stereocenters. The van der Waals surface area contributed by atoms with Crippen LogP contribution in [0, 0.1) is 0 Å². The topological polar surface area (TPSA) is 57.0 Å². The molecule has 2 aliphatic heterocycles. The molecule has 1 N–H and O–H groups in total. The number of hydrogen-bond donors (Lipinski definition) is 1. The van der Waals surface area contributed by atoms with Gasteiger partial charge in [-0.05, 0) is 49.6 Å². The minimum atomic E-state index is -4.75. The van der Waals surface area contributed by atoms with Crippen LogP contribution in [0.3, 0.4) is 0 Å². The number of piperidine rings is 1. The van der Waals surface area contributed by atoms with Crippen molar-refractivity contribution < 1.29 is 36.2 Å². The van der Waals surface area contributed by atoms with Crippen LogP contribution < -0.4 is 9.80 Å². The number of rotatable bonds is 9. The van der Waals surface area contributed by atoms with Crippen molar-refractivity contribution in [1.29, 1.82) is 0 Å². The van der Waals surface area contributed by atoms with Crippen molar-refractivity contribution in [2.75, 3.05) is 62.2 Å². The van der Waals surface area contributed by atoms with Gasteiger partial charge >= 0.3 is 12.4 Å². The number of anilines is 2. The highest BCUT2D eigenvalue weighted by Gasteiger charge is 2.42. The Morgan fingerprint density at radius 2 is 1.69 bits per heavy atom. The molecule has 0 aliphatic carbocycles. The first-order chi connectivity index (χ1) is 21.3. The van der Waals surface area contributed by atoms with Gasteiger partial charge in [0.2, 0.25) is 0 Å². The van der Waals surface area contributed by atoms with Crippen molar-refractivity contribution in [2.45, 2.75) is 50.9 Å². The molecule has 0 spiro atoms. The van der Waals surface area contributed by atoms with Crippen LogP contribution in [0.2, 0.25) is 5.02 Å². The first kappa shape index (κ1) is 33.4. The maximum Gasteiger partial charge on any atom is 0.433 e. The highest BCUT2D eigenvalue weighted by Crippen LogP contribution is 2.40. The smallest absolute Gasteiger partial charge is 0.369 e. The van der Waals surface area contributed by atoms with Crippen LogP contribution in [-0.2, 0) is 10.9 Å². The molecule has 2 fully saturated rings. The van der Waals surface area contributed by atoms with Crippen molar-refractivity contribution >= 4 is 23.0 Å². The van der Waals surface area contributed by atoms with E-state index >= 15 is 0 Å². The van der Waals surface area contributed by atoms with Gasteiger partial charge in [0.25, 0.3) is 0 Å². The number of aliphatic hydroxyl groups excluding tert-OH is 1. The fourth-order valence-corrected chi connectivity index (χ4v) is 6.29. The third kappa shape index (κ3) is 8.05. The van der Waals surface area contributed by atoms with Gasteiger partial charge in [-0.1, -0.05) is 29.8 Å². The van der Waals surface area contributed by atoms with Gasteiger partial charge in [0, 0.05) is 74.4 Å². The molecule has 0 amide bonds. The second kappa shape index (κ2) is 13.8. The van der Waals surface area contributed by atoms with Gasteiger partial charge in [-0.3, -0.25) is 9.58 Å². The molecule has 246 valence electrons. The van der Waals surface area contributed by atoms with E-state index in [1.807, 2.05) is 46.2 Å². The summed E-state index contributed by atoms with van der Waals surface area (Å²) >= 11 is 6.41. The Kier molecular flexibility index (Phi) is 10.2. The van der Waals surface area contributed by atoms with Gasteiger partial charge in [0.15, 0.2) is 12.0 Å². The number of ether oxygens (including phenoxy) is 1. The van der Waals surface area contributed by atoms with E-state index in [1.165, 1.54) is 0 Å². The first-order valence-electron chi connectivity index (χ1n) is 15.0. The molecule has 2 saturated heterocycles. The van der Waals surface area contributed by atoms with E-state index in [0.29, 0.717) is 50.6 Å². The van der Waals surface area contributed by atoms with Crippen molar-refractivity contribution in [3.05, 3.63) is 64.9 Å². The van der Waals surface area contributed by atoms with Crippen molar-refractivity contribution in [3.8, 4) is 11.1 Å². The van der Waals surface area contributed by atoms with Crippen LogP contribution >= 0.6 is 11.6 Å². The highest BCUT2D eigenvalue weighted by atomic mass is 35.5. The van der Waals surface area contributed by atoms with E-state index in [9.17, 15) is 31.4 Å². The first-order valence-corrected chi connectivity index (χ1v) is 15.3. The summed E-state index contributed by atoms with van der Waals surface area (Å²) in [5.74, 6) is 0. The number of alkyl halides is 6. The molecule has 45 heavy (non-hydrogen) atoms. The zero-order chi connectivity index (χ0) is 32.4. The quantitative estimate of drug-likeness (QED) is 0.194. The molecule has 2 atom stereocenters. The molecule has 5 rings (SSSR count). The van der Waals surface area contributed by atoms with Crippen LogP contribution in [0.5, 0.6) is 0 Å². The third-order valence-corrected chi connectivity index (χ3v) is 8.59. The molecular formula is C31H36ClF6N5O2. The summed E-state index contributed by atoms with van der Waals surface area (Å²) in [6.45, 7) is 4.83. The monoisotopic (exact) mass is 659 g/mol. The van der Waals surface area contributed by atoms with Crippen LogP contribution in [0.1, 0.15) is 49.8 Å². The van der Waals surface area contributed by atoms with Gasteiger partial charge in [-0.2, -0.15) is 31.4 Å². The zero-order valence-electron chi connectivity index (χ0n) is 24.8. The number of aromatic nitrogens is 2. The SMILES string of the molecule is CCOC(O)c1cnn(C2CCCN(c3cc(Cl)ccc3-c3ccc(N4CCN(CCC(F)(F)F)CC4)cc3)C2)c1C(F)(F)F. The second-order valence-electron chi connectivity index (χ2n) is 11.3. The number of hydrogen-bond acceptors (Lipinski definition) is 6. The summed E-state index contributed by atoms with van der Waals surface area (Å²) < 4.78 is 86.5. The molecule has 2 aromatic carbocycles. The molecule has 0 radical (unpaired) electrons. The van der Waals surface area contributed by atoms with E-state index in [2.05, 4.69) is 10.00 Å². The van der Waals surface area contributed by atoms with Crippen molar-refractivity contribution in [2.24, 2.45) is 0 Å². The lowest BCUT2D eigenvalue weighted by Gasteiger charge is -2.37. The number of halogens is 7. The molecule has 0 saturated carbocycles. The molecule has 14 heteroatoms. The normalized spacial score (nSPS) is 19.3. The van der Waals surface area contributed by atoms with Crippen LogP contribution in [0.15, 0.2) is 48.7 Å². The number of nitrogens with zero attached hydrogens (tertiary/aromatic N) is 5. The lowest BCUT2D eigenvalue weighted by atomic mass is 9.99. The molecule has 1 aromatic heterocycles. The van der Waals surface area contributed by atoms with Gasteiger partial charge in [0.05, 0.1) is 24.2 Å². The Bertz CT molecular complexity index is 1420. The minimum absolute atomic E-state index is 0.00127. The Hall–Kier alpha value is -3.00. The van der Waals surface area contributed by atoms with E-state index in [1.54, 1.807) is 13.0 Å². The van der Waals surface area contributed by atoms with E-state index in [4.69, 9.17) is 16.3 Å². The maximum atomic E-state index is 14.2. The summed E-state index contributed by atoms with van der Waals surface area (Å²) in [7, 11) is 0. The molecule has 7 nitrogen and oxygen atoms in total. The Labute approximate surface area is 262 Å². The van der Waals surface area contributed by atoms with Gasteiger partial charge in [-0.15, -0.1) is 0 Å². The van der Waals surface area contributed by atoms with Gasteiger partial charge in [0.1, 0.15) is 0 Å². The highest BCUT2D eigenvalue weighted by molar-refractivity contribution is 6.31. The van der Waals surface area contributed by atoms with E-state index in [-0.39, 0.29) is 19.7 Å². The standard InChI is InChI=1S/C31H36ClF6N5O2/c1-2-45-29(44)26-19-39-43(28(26)31(36,37)38)24-4-3-12-42(20-24)27-18-22(32)7-10-25(27)21-5-8-23(9-6-21)41-16-14-40(15-17-41)13-11-30(33,34)35/h5-10,18-19,24,29,44H,2-4,11-17,20H2,1H3.